The van der Waals surface area contributed by atoms with Crippen LogP contribution >= 0.6 is 23.4 Å². The monoisotopic (exact) mass is 532 g/mol. The van der Waals surface area contributed by atoms with Gasteiger partial charge in [-0.25, -0.2) is 5.01 Å². The van der Waals surface area contributed by atoms with E-state index >= 15 is 0 Å². The maximum atomic E-state index is 12.8. The van der Waals surface area contributed by atoms with Crippen LogP contribution in [0.4, 0.5) is 5.69 Å². The van der Waals surface area contributed by atoms with E-state index in [4.69, 9.17) is 21.4 Å². The van der Waals surface area contributed by atoms with Gasteiger partial charge in [-0.2, -0.15) is 10.1 Å². The summed E-state index contributed by atoms with van der Waals surface area (Å²) in [7, 11) is 1.63. The number of ether oxygens (including phenoxy) is 1. The predicted molar refractivity (Wildman–Crippen MR) is 148 cm³/mol. The summed E-state index contributed by atoms with van der Waals surface area (Å²) in [5.41, 5.74) is 4.48. The number of benzene rings is 3. The molecule has 2 amide bonds. The molecule has 0 aromatic heterocycles. The van der Waals surface area contributed by atoms with Crippen molar-refractivity contribution < 1.29 is 14.3 Å². The van der Waals surface area contributed by atoms with Gasteiger partial charge in [0.15, 0.2) is 5.17 Å². The molecule has 0 fully saturated rings. The number of rotatable bonds is 6. The van der Waals surface area contributed by atoms with Gasteiger partial charge in [-0.1, -0.05) is 71.9 Å². The van der Waals surface area contributed by atoms with E-state index in [1.165, 1.54) is 11.8 Å². The number of carbonyl (C=O) groups excluding carboxylic acids is 2. The largest absolute Gasteiger partial charge is 0.497 e. The van der Waals surface area contributed by atoms with Gasteiger partial charge >= 0.3 is 0 Å². The van der Waals surface area contributed by atoms with Crippen LogP contribution in [0.2, 0.25) is 5.02 Å². The summed E-state index contributed by atoms with van der Waals surface area (Å²) in [6, 6.07) is 23.0. The van der Waals surface area contributed by atoms with E-state index in [-0.39, 0.29) is 24.3 Å². The number of nitrogens with zero attached hydrogens (tertiary/aromatic N) is 3. The normalized spacial score (nSPS) is 19.0. The number of hydrazone groups is 1. The number of aryl methyl sites for hydroxylation is 1. The van der Waals surface area contributed by atoms with Gasteiger partial charge in [-0.15, -0.1) is 0 Å². The fourth-order valence-corrected chi connectivity index (χ4v) is 5.47. The quantitative estimate of drug-likeness (QED) is 0.431. The summed E-state index contributed by atoms with van der Waals surface area (Å²) in [5.74, 6) is 0.152. The Morgan fingerprint density at radius 2 is 1.89 bits per heavy atom. The molecule has 0 aliphatic carbocycles. The molecule has 2 aliphatic rings. The number of aliphatic imine (C=N–C) groups is 1. The number of amides is 2. The van der Waals surface area contributed by atoms with Crippen LogP contribution in [-0.2, 0) is 9.59 Å². The number of anilines is 1. The van der Waals surface area contributed by atoms with Gasteiger partial charge in [-0.05, 0) is 47.9 Å². The molecule has 7 nitrogen and oxygen atoms in total. The van der Waals surface area contributed by atoms with Gasteiger partial charge in [0.25, 0.3) is 5.91 Å². The van der Waals surface area contributed by atoms with Gasteiger partial charge in [0.2, 0.25) is 5.91 Å². The lowest BCUT2D eigenvalue weighted by molar-refractivity contribution is -0.121. The minimum Gasteiger partial charge on any atom is -0.497 e. The Morgan fingerprint density at radius 1 is 1.14 bits per heavy atom. The Kier molecular flexibility index (Phi) is 7.30. The molecule has 37 heavy (non-hydrogen) atoms. The lowest BCUT2D eigenvalue weighted by Crippen LogP contribution is -2.25. The van der Waals surface area contributed by atoms with E-state index < -0.39 is 5.25 Å². The summed E-state index contributed by atoms with van der Waals surface area (Å²) in [4.78, 5) is 29.8. The summed E-state index contributed by atoms with van der Waals surface area (Å²) in [5, 5.41) is 9.95. The van der Waals surface area contributed by atoms with Crippen molar-refractivity contribution in [2.45, 2.75) is 31.1 Å². The highest BCUT2D eigenvalue weighted by Gasteiger charge is 2.39. The molecule has 2 heterocycles. The van der Waals surface area contributed by atoms with Crippen LogP contribution in [0.3, 0.4) is 0 Å². The maximum Gasteiger partial charge on any atom is 0.262 e. The molecular weight excluding hydrogens is 508 g/mol. The van der Waals surface area contributed by atoms with Crippen LogP contribution in [0.25, 0.3) is 0 Å². The Balaban J connectivity index is 1.34. The first-order chi connectivity index (χ1) is 17.9. The van der Waals surface area contributed by atoms with Crippen molar-refractivity contribution in [2.75, 3.05) is 12.4 Å². The highest BCUT2D eigenvalue weighted by atomic mass is 35.5. The zero-order valence-electron chi connectivity index (χ0n) is 20.3. The third-order valence-electron chi connectivity index (χ3n) is 6.27. The average molecular weight is 533 g/mol. The SMILES string of the molecule is COc1ccc([C@@H]2CC(c3ccccc3)=NN2C2=NC(=O)[C@@H](CC(=O)Nc3ccc(C)c(Cl)c3)S2)cc1. The molecule has 0 saturated carbocycles. The zero-order valence-corrected chi connectivity index (χ0v) is 21.9. The number of halogens is 1. The second-order valence-electron chi connectivity index (χ2n) is 8.81. The molecule has 3 aromatic carbocycles. The first-order valence-corrected chi connectivity index (χ1v) is 13.1. The van der Waals surface area contributed by atoms with Crippen LogP contribution in [0, 0.1) is 6.92 Å². The molecule has 1 N–H and O–H groups in total. The number of methoxy groups -OCH3 is 1. The highest BCUT2D eigenvalue weighted by molar-refractivity contribution is 8.15. The lowest BCUT2D eigenvalue weighted by atomic mass is 9.98. The maximum absolute atomic E-state index is 12.8. The van der Waals surface area contributed by atoms with Crippen molar-refractivity contribution in [3.8, 4) is 5.75 Å². The topological polar surface area (TPSA) is 83.4 Å². The molecule has 5 rings (SSSR count). The summed E-state index contributed by atoms with van der Waals surface area (Å²) < 4.78 is 5.31. The molecule has 188 valence electrons. The summed E-state index contributed by atoms with van der Waals surface area (Å²) in [6.07, 6.45) is 0.655. The van der Waals surface area contributed by atoms with E-state index in [1.54, 1.807) is 19.2 Å². The molecule has 2 aliphatic heterocycles. The summed E-state index contributed by atoms with van der Waals surface area (Å²) in [6.45, 7) is 1.89. The van der Waals surface area contributed by atoms with E-state index in [1.807, 2.05) is 72.6 Å². The molecule has 3 aromatic rings. The minimum absolute atomic E-state index is 0.00169. The van der Waals surface area contributed by atoms with Crippen LogP contribution in [0.15, 0.2) is 82.9 Å². The summed E-state index contributed by atoms with van der Waals surface area (Å²) >= 11 is 7.44. The van der Waals surface area contributed by atoms with Crippen molar-refractivity contribution in [1.82, 2.24) is 5.01 Å². The van der Waals surface area contributed by atoms with E-state index in [2.05, 4.69) is 10.3 Å². The molecule has 0 saturated heterocycles. The van der Waals surface area contributed by atoms with Crippen molar-refractivity contribution in [3.05, 3.63) is 94.5 Å². The van der Waals surface area contributed by atoms with Gasteiger partial charge < -0.3 is 10.1 Å². The van der Waals surface area contributed by atoms with Gasteiger partial charge in [0.05, 0.1) is 18.9 Å². The molecule has 9 heteroatoms. The standard InChI is InChI=1S/C28H25ClN4O3S/c1-17-8-11-20(14-22(17)29)30-26(34)16-25-27(35)31-28(37-25)33-24(19-9-12-21(36-2)13-10-19)15-23(32-33)18-6-4-3-5-7-18/h3-14,24-25H,15-16H2,1-2H3,(H,30,34)/t24-,25+/m0/s1. The highest BCUT2D eigenvalue weighted by Crippen LogP contribution is 2.39. The molecule has 0 radical (unpaired) electrons. The Bertz CT molecular complexity index is 1390. The smallest absolute Gasteiger partial charge is 0.262 e. The molecule has 0 spiro atoms. The van der Waals surface area contributed by atoms with Crippen molar-refractivity contribution in [1.29, 1.82) is 0 Å². The van der Waals surface area contributed by atoms with Gasteiger partial charge in [0, 0.05) is 23.6 Å². The molecule has 2 atom stereocenters. The van der Waals surface area contributed by atoms with Crippen LogP contribution in [0.5, 0.6) is 5.75 Å². The van der Waals surface area contributed by atoms with Crippen molar-refractivity contribution in [2.24, 2.45) is 10.1 Å². The second-order valence-corrected chi connectivity index (χ2v) is 10.4. The number of amidine groups is 1. The second kappa shape index (κ2) is 10.8. The van der Waals surface area contributed by atoms with Crippen molar-refractivity contribution in [3.63, 3.8) is 0 Å². The Hall–Kier alpha value is -3.62. The number of carbonyl (C=O) groups is 2. The van der Waals surface area contributed by atoms with Crippen LogP contribution < -0.4 is 10.1 Å². The fraction of sp³-hybridized carbons (Fsp3) is 0.214. The van der Waals surface area contributed by atoms with Gasteiger partial charge in [-0.3, -0.25) is 9.59 Å². The first kappa shape index (κ1) is 25.0. The first-order valence-electron chi connectivity index (χ1n) is 11.8. The Labute approximate surface area is 224 Å². The van der Waals surface area contributed by atoms with Crippen LogP contribution in [0.1, 0.15) is 35.6 Å². The number of thioether (sulfide) groups is 1. The van der Waals surface area contributed by atoms with Crippen LogP contribution in [-0.4, -0.2) is 40.1 Å². The average Bonchev–Trinajstić information content (AvgIpc) is 3.51. The van der Waals surface area contributed by atoms with E-state index in [0.717, 1.165) is 28.2 Å². The third kappa shape index (κ3) is 5.55. The van der Waals surface area contributed by atoms with Crippen molar-refractivity contribution >= 4 is 51.7 Å². The zero-order chi connectivity index (χ0) is 25.9. The van der Waals surface area contributed by atoms with E-state index in [0.29, 0.717) is 22.3 Å². The minimum atomic E-state index is -0.622. The molecule has 0 unspecified atom stereocenters. The fourth-order valence-electron chi connectivity index (χ4n) is 4.23. The Morgan fingerprint density at radius 3 is 2.59 bits per heavy atom. The number of hydrogen-bond acceptors (Lipinski definition) is 6. The predicted octanol–water partition coefficient (Wildman–Crippen LogP) is 5.83. The molecular formula is C28H25ClN4O3S. The van der Waals surface area contributed by atoms with Gasteiger partial charge in [0.1, 0.15) is 11.0 Å². The number of hydrogen-bond donors (Lipinski definition) is 1. The lowest BCUT2D eigenvalue weighted by Gasteiger charge is -2.23. The van der Waals surface area contributed by atoms with E-state index in [9.17, 15) is 9.59 Å². The molecule has 0 bridgehead atoms. The number of nitrogens with one attached hydrogen (secondary N) is 1. The third-order valence-corrected chi connectivity index (χ3v) is 7.82.